The summed E-state index contributed by atoms with van der Waals surface area (Å²) in [6.07, 6.45) is 21.5. The fourth-order valence-electron chi connectivity index (χ4n) is 2.53. The molecule has 0 spiro atoms. The molecule has 0 aliphatic carbocycles. The van der Waals surface area contributed by atoms with Gasteiger partial charge >= 0.3 is 0 Å². The van der Waals surface area contributed by atoms with Crippen LogP contribution in [0.1, 0.15) is 70.3 Å². The van der Waals surface area contributed by atoms with E-state index in [9.17, 15) is 5.11 Å². The van der Waals surface area contributed by atoms with Crippen molar-refractivity contribution in [2.45, 2.75) is 71.1 Å². The molecule has 0 fully saturated rings. The molecule has 1 heteroatoms. The standard InChI is InChI=1S/C21H32O/c1-2-3-4-5-6-7-8-9-10-11-12-13-14-16-20-17-15-18-21(22)19-20/h3-4,8-9,15,17-19,22H,2,5-7,10-14,16H2,1H3/b4-3+,9-8+. The molecule has 0 saturated heterocycles. The number of phenolic OH excluding ortho intramolecular Hbond substituents is 1. The first-order valence-electron chi connectivity index (χ1n) is 8.91. The number of aryl methyl sites for hydroxylation is 1. The predicted molar refractivity (Wildman–Crippen MR) is 97.3 cm³/mol. The SMILES string of the molecule is CC/C=C/CCC/C=C/CCCCCCc1cccc(O)c1. The van der Waals surface area contributed by atoms with Crippen molar-refractivity contribution in [2.75, 3.05) is 0 Å². The molecule has 1 aromatic carbocycles. The Morgan fingerprint density at radius 2 is 1.50 bits per heavy atom. The third-order valence-electron chi connectivity index (χ3n) is 3.81. The molecule has 1 nitrogen and oxygen atoms in total. The van der Waals surface area contributed by atoms with Gasteiger partial charge in [-0.15, -0.1) is 0 Å². The van der Waals surface area contributed by atoms with Crippen LogP contribution in [0.2, 0.25) is 0 Å². The van der Waals surface area contributed by atoms with Crippen molar-refractivity contribution in [1.29, 1.82) is 0 Å². The van der Waals surface area contributed by atoms with Crippen LogP contribution in [0.3, 0.4) is 0 Å². The normalized spacial score (nSPS) is 11.7. The minimum atomic E-state index is 0.382. The largest absolute Gasteiger partial charge is 0.508 e. The van der Waals surface area contributed by atoms with Crippen molar-refractivity contribution < 1.29 is 5.11 Å². The number of unbranched alkanes of at least 4 members (excludes halogenated alkanes) is 6. The molecule has 0 radical (unpaired) electrons. The summed E-state index contributed by atoms with van der Waals surface area (Å²) < 4.78 is 0. The number of benzene rings is 1. The molecular weight excluding hydrogens is 268 g/mol. The van der Waals surface area contributed by atoms with Gasteiger partial charge in [0.05, 0.1) is 0 Å². The van der Waals surface area contributed by atoms with Crippen LogP contribution in [0, 0.1) is 0 Å². The van der Waals surface area contributed by atoms with Gasteiger partial charge in [-0.2, -0.15) is 0 Å². The van der Waals surface area contributed by atoms with Gasteiger partial charge in [0.1, 0.15) is 5.75 Å². The Bertz CT molecular complexity index is 431. The Hall–Kier alpha value is -1.50. The Labute approximate surface area is 136 Å². The van der Waals surface area contributed by atoms with E-state index < -0.39 is 0 Å². The van der Waals surface area contributed by atoms with Crippen LogP contribution in [-0.2, 0) is 6.42 Å². The maximum Gasteiger partial charge on any atom is 0.115 e. The van der Waals surface area contributed by atoms with E-state index in [0.717, 1.165) is 12.8 Å². The van der Waals surface area contributed by atoms with Crippen molar-refractivity contribution in [1.82, 2.24) is 0 Å². The summed E-state index contributed by atoms with van der Waals surface area (Å²) in [7, 11) is 0. The molecule has 0 atom stereocenters. The maximum absolute atomic E-state index is 9.41. The number of hydrogen-bond acceptors (Lipinski definition) is 1. The highest BCUT2D eigenvalue weighted by atomic mass is 16.3. The summed E-state index contributed by atoms with van der Waals surface area (Å²) in [4.78, 5) is 0. The molecule has 0 bridgehead atoms. The van der Waals surface area contributed by atoms with Gasteiger partial charge in [0, 0.05) is 0 Å². The van der Waals surface area contributed by atoms with Gasteiger partial charge < -0.3 is 5.11 Å². The fraction of sp³-hybridized carbons (Fsp3) is 0.524. The summed E-state index contributed by atoms with van der Waals surface area (Å²) in [5, 5.41) is 9.41. The molecule has 0 heterocycles. The fourth-order valence-corrected chi connectivity index (χ4v) is 2.53. The number of aromatic hydroxyl groups is 1. The highest BCUT2D eigenvalue weighted by Crippen LogP contribution is 2.14. The monoisotopic (exact) mass is 300 g/mol. The molecular formula is C21H32O. The molecule has 0 unspecified atom stereocenters. The summed E-state index contributed by atoms with van der Waals surface area (Å²) in [6.45, 7) is 2.18. The molecule has 0 aromatic heterocycles. The predicted octanol–water partition coefficient (Wildman–Crippen LogP) is 6.58. The molecule has 0 aliphatic rings. The smallest absolute Gasteiger partial charge is 0.115 e. The van der Waals surface area contributed by atoms with E-state index in [1.54, 1.807) is 6.07 Å². The maximum atomic E-state index is 9.41. The van der Waals surface area contributed by atoms with Crippen LogP contribution in [0.4, 0.5) is 0 Å². The third kappa shape index (κ3) is 10.3. The lowest BCUT2D eigenvalue weighted by atomic mass is 10.1. The van der Waals surface area contributed by atoms with Gasteiger partial charge in [-0.3, -0.25) is 0 Å². The van der Waals surface area contributed by atoms with E-state index in [2.05, 4.69) is 37.3 Å². The summed E-state index contributed by atoms with van der Waals surface area (Å²) >= 11 is 0. The zero-order chi connectivity index (χ0) is 15.9. The summed E-state index contributed by atoms with van der Waals surface area (Å²) in [5.41, 5.74) is 1.25. The molecule has 0 aliphatic heterocycles. The van der Waals surface area contributed by atoms with Gasteiger partial charge in [-0.05, 0) is 69.1 Å². The second kappa shape index (κ2) is 13.2. The van der Waals surface area contributed by atoms with Gasteiger partial charge in [0.15, 0.2) is 0 Å². The van der Waals surface area contributed by atoms with Gasteiger partial charge in [-0.1, -0.05) is 56.2 Å². The Kier molecular flexibility index (Phi) is 11.1. The molecule has 1 aromatic rings. The van der Waals surface area contributed by atoms with E-state index >= 15 is 0 Å². The summed E-state index contributed by atoms with van der Waals surface area (Å²) in [6, 6.07) is 7.63. The lowest BCUT2D eigenvalue weighted by Gasteiger charge is -2.02. The van der Waals surface area contributed by atoms with Crippen LogP contribution in [0.15, 0.2) is 48.6 Å². The minimum absolute atomic E-state index is 0.382. The molecule has 1 N–H and O–H groups in total. The average Bonchev–Trinajstić information content (AvgIpc) is 2.52. The van der Waals surface area contributed by atoms with Crippen molar-refractivity contribution in [3.8, 4) is 5.75 Å². The number of phenols is 1. The Morgan fingerprint density at radius 3 is 2.23 bits per heavy atom. The zero-order valence-electron chi connectivity index (χ0n) is 14.1. The van der Waals surface area contributed by atoms with Crippen molar-refractivity contribution >= 4 is 0 Å². The second-order valence-corrected chi connectivity index (χ2v) is 5.90. The van der Waals surface area contributed by atoms with E-state index in [0.29, 0.717) is 5.75 Å². The molecule has 1 rings (SSSR count). The highest BCUT2D eigenvalue weighted by molar-refractivity contribution is 5.27. The quantitative estimate of drug-likeness (QED) is 0.341. The number of allylic oxidation sites excluding steroid dienone is 4. The van der Waals surface area contributed by atoms with Crippen LogP contribution < -0.4 is 0 Å². The van der Waals surface area contributed by atoms with E-state index in [4.69, 9.17) is 0 Å². The molecule has 0 amide bonds. The van der Waals surface area contributed by atoms with Crippen LogP contribution in [0.25, 0.3) is 0 Å². The van der Waals surface area contributed by atoms with Crippen molar-refractivity contribution in [3.05, 3.63) is 54.1 Å². The van der Waals surface area contributed by atoms with Crippen LogP contribution in [-0.4, -0.2) is 5.11 Å². The minimum Gasteiger partial charge on any atom is -0.508 e. The summed E-state index contributed by atoms with van der Waals surface area (Å²) in [5.74, 6) is 0.382. The Balaban J connectivity index is 1.90. The lowest BCUT2D eigenvalue weighted by molar-refractivity contribution is 0.474. The number of rotatable bonds is 12. The second-order valence-electron chi connectivity index (χ2n) is 5.90. The topological polar surface area (TPSA) is 20.2 Å². The first-order valence-corrected chi connectivity index (χ1v) is 8.91. The van der Waals surface area contributed by atoms with Crippen LogP contribution >= 0.6 is 0 Å². The first-order chi connectivity index (χ1) is 10.8. The van der Waals surface area contributed by atoms with Crippen molar-refractivity contribution in [3.63, 3.8) is 0 Å². The van der Waals surface area contributed by atoms with Crippen molar-refractivity contribution in [2.24, 2.45) is 0 Å². The van der Waals surface area contributed by atoms with Gasteiger partial charge in [-0.25, -0.2) is 0 Å². The van der Waals surface area contributed by atoms with E-state index in [1.165, 1.54) is 56.9 Å². The third-order valence-corrected chi connectivity index (χ3v) is 3.81. The first kappa shape index (κ1) is 18.5. The molecule has 0 saturated carbocycles. The zero-order valence-corrected chi connectivity index (χ0v) is 14.1. The van der Waals surface area contributed by atoms with E-state index in [1.807, 2.05) is 12.1 Å². The number of hydrogen-bond donors (Lipinski definition) is 1. The highest BCUT2D eigenvalue weighted by Gasteiger charge is 1.95. The van der Waals surface area contributed by atoms with Gasteiger partial charge in [0.2, 0.25) is 0 Å². The molecule has 22 heavy (non-hydrogen) atoms. The Morgan fingerprint density at radius 1 is 0.818 bits per heavy atom. The van der Waals surface area contributed by atoms with Crippen LogP contribution in [0.5, 0.6) is 5.75 Å². The average molecular weight is 300 g/mol. The molecule has 122 valence electrons. The van der Waals surface area contributed by atoms with E-state index in [-0.39, 0.29) is 0 Å². The lowest BCUT2D eigenvalue weighted by Crippen LogP contribution is -1.85. The van der Waals surface area contributed by atoms with Gasteiger partial charge in [0.25, 0.3) is 0 Å².